The van der Waals surface area contributed by atoms with Crippen molar-refractivity contribution in [3.8, 4) is 0 Å². The highest BCUT2D eigenvalue weighted by molar-refractivity contribution is 5.93. The number of carbonyl (C=O) groups excluding carboxylic acids is 2. The van der Waals surface area contributed by atoms with Crippen LogP contribution in [0, 0.1) is 0 Å². The lowest BCUT2D eigenvalue weighted by Gasteiger charge is -2.38. The molecule has 0 atom stereocenters. The third-order valence-electron chi connectivity index (χ3n) is 8.73. The van der Waals surface area contributed by atoms with Crippen LogP contribution in [-0.2, 0) is 22.8 Å². The molecule has 2 amide bonds. The second-order valence-corrected chi connectivity index (χ2v) is 11.7. The first-order valence-electron chi connectivity index (χ1n) is 14.5. The van der Waals surface area contributed by atoms with Crippen molar-refractivity contribution in [3.05, 3.63) is 71.2 Å². The predicted molar refractivity (Wildman–Crippen MR) is 151 cm³/mol. The van der Waals surface area contributed by atoms with Crippen LogP contribution in [0.1, 0.15) is 73.3 Å². The van der Waals surface area contributed by atoms with Gasteiger partial charge in [-0.25, -0.2) is 4.98 Å². The van der Waals surface area contributed by atoms with E-state index in [0.717, 1.165) is 62.9 Å². The molecule has 1 N–H and O–H groups in total. The highest BCUT2D eigenvalue weighted by Gasteiger charge is 2.36. The Labute approximate surface area is 238 Å². The van der Waals surface area contributed by atoms with Crippen molar-refractivity contribution in [1.82, 2.24) is 24.5 Å². The van der Waals surface area contributed by atoms with E-state index in [2.05, 4.69) is 29.0 Å². The predicted octanol–water partition coefficient (Wildman–Crippen LogP) is 5.08. The van der Waals surface area contributed by atoms with Gasteiger partial charge in [0.15, 0.2) is 0 Å². The summed E-state index contributed by atoms with van der Waals surface area (Å²) in [7, 11) is 0. The number of benzene rings is 1. The molecule has 1 aromatic carbocycles. The molecular weight excluding hydrogens is 531 g/mol. The molecule has 3 heterocycles. The summed E-state index contributed by atoms with van der Waals surface area (Å²) in [4.78, 5) is 35.3. The number of carbonyl (C=O) groups is 2. The summed E-state index contributed by atoms with van der Waals surface area (Å²) in [5.74, 6) is -0.258. The number of aromatic nitrogens is 2. The summed E-state index contributed by atoms with van der Waals surface area (Å²) in [6.45, 7) is 7.74. The molecule has 2 fully saturated rings. The number of hydrogen-bond acceptors (Lipinski definition) is 4. The molecule has 1 saturated carbocycles. The molecule has 1 aliphatic heterocycles. The minimum absolute atomic E-state index is 0.0265. The van der Waals surface area contributed by atoms with Crippen molar-refractivity contribution < 1.29 is 22.8 Å². The Bertz CT molecular complexity index is 1370. The van der Waals surface area contributed by atoms with Gasteiger partial charge in [0.05, 0.1) is 17.7 Å². The van der Waals surface area contributed by atoms with Gasteiger partial charge in [-0.1, -0.05) is 37.5 Å². The molecule has 0 spiro atoms. The molecule has 2 aromatic heterocycles. The third kappa shape index (κ3) is 6.42. The van der Waals surface area contributed by atoms with Crippen molar-refractivity contribution in [2.24, 2.45) is 0 Å². The van der Waals surface area contributed by atoms with Crippen LogP contribution in [0.3, 0.4) is 0 Å². The van der Waals surface area contributed by atoms with Crippen LogP contribution < -0.4 is 5.32 Å². The van der Waals surface area contributed by atoms with Crippen molar-refractivity contribution in [2.45, 2.75) is 70.0 Å². The normalized spacial score (nSPS) is 18.1. The number of imidazole rings is 1. The average molecular weight is 570 g/mol. The number of amides is 2. The fourth-order valence-corrected chi connectivity index (χ4v) is 6.23. The van der Waals surface area contributed by atoms with Gasteiger partial charge in [-0.3, -0.25) is 18.9 Å². The molecular formula is C31H38F3N5O2. The first-order valence-corrected chi connectivity index (χ1v) is 14.5. The molecule has 41 heavy (non-hydrogen) atoms. The van der Waals surface area contributed by atoms with Crippen molar-refractivity contribution >= 4 is 17.5 Å². The molecule has 3 aromatic rings. The van der Waals surface area contributed by atoms with Gasteiger partial charge in [0.1, 0.15) is 11.3 Å². The van der Waals surface area contributed by atoms with Gasteiger partial charge in [0.25, 0.3) is 5.91 Å². The average Bonchev–Trinajstić information content (AvgIpc) is 3.38. The minimum atomic E-state index is -4.39. The smallest absolute Gasteiger partial charge is 0.350 e. The van der Waals surface area contributed by atoms with Gasteiger partial charge in [0.2, 0.25) is 5.91 Å². The van der Waals surface area contributed by atoms with E-state index >= 15 is 0 Å². The fraction of sp³-hybridized carbons (Fsp3) is 0.516. The van der Waals surface area contributed by atoms with Gasteiger partial charge < -0.3 is 10.2 Å². The first kappa shape index (κ1) is 29.1. The van der Waals surface area contributed by atoms with E-state index in [1.165, 1.54) is 0 Å². The van der Waals surface area contributed by atoms with Crippen molar-refractivity contribution in [1.29, 1.82) is 0 Å². The molecule has 7 nitrogen and oxygen atoms in total. The lowest BCUT2D eigenvalue weighted by molar-refractivity contribution is -0.137. The Hall–Kier alpha value is -3.40. The van der Waals surface area contributed by atoms with E-state index in [4.69, 9.17) is 0 Å². The van der Waals surface area contributed by atoms with Gasteiger partial charge >= 0.3 is 6.18 Å². The van der Waals surface area contributed by atoms with Crippen LogP contribution in [0.2, 0.25) is 0 Å². The second kappa shape index (κ2) is 11.8. The summed E-state index contributed by atoms with van der Waals surface area (Å²) in [6.07, 6.45) is 2.11. The Morgan fingerprint density at radius 1 is 0.976 bits per heavy atom. The number of hydrogen-bond donors (Lipinski definition) is 1. The Morgan fingerprint density at radius 2 is 1.66 bits per heavy atom. The summed E-state index contributed by atoms with van der Waals surface area (Å²) in [6, 6.07) is 11.1. The van der Waals surface area contributed by atoms with Crippen LogP contribution in [0.4, 0.5) is 13.2 Å². The van der Waals surface area contributed by atoms with Crippen LogP contribution in [0.5, 0.6) is 0 Å². The monoisotopic (exact) mass is 569 g/mol. The number of piperazine rings is 1. The zero-order valence-corrected chi connectivity index (χ0v) is 23.7. The zero-order valence-electron chi connectivity index (χ0n) is 23.7. The van der Waals surface area contributed by atoms with Crippen molar-refractivity contribution in [2.75, 3.05) is 32.7 Å². The molecule has 0 radical (unpaired) electrons. The van der Waals surface area contributed by atoms with E-state index < -0.39 is 17.2 Å². The van der Waals surface area contributed by atoms with E-state index in [9.17, 15) is 22.8 Å². The van der Waals surface area contributed by atoms with Crippen LogP contribution in [0.25, 0.3) is 5.65 Å². The van der Waals surface area contributed by atoms with Crippen LogP contribution in [0.15, 0.2) is 48.7 Å². The minimum Gasteiger partial charge on any atom is -0.350 e. The molecule has 0 unspecified atom stereocenters. The molecule has 10 heteroatoms. The standard InChI is InChI=1S/C31H38F3N5O2/c1-22(2)37-15-17-38(18-16-37)28(40)19-25-20-39-26(7-6-8-27(39)36-25)29(41)35-21-30(13-4-3-5-14-30)23-9-11-24(12-10-23)31(32,33)34/h6-12,20,22H,3-5,13-19,21H2,1-2H3,(H,35,41). The maximum absolute atomic E-state index is 13.4. The van der Waals surface area contributed by atoms with Gasteiger partial charge in [0, 0.05) is 50.4 Å². The number of halogens is 3. The highest BCUT2D eigenvalue weighted by atomic mass is 19.4. The Kier molecular flexibility index (Phi) is 8.40. The molecule has 2 aliphatic rings. The Balaban J connectivity index is 1.28. The van der Waals surface area contributed by atoms with Crippen LogP contribution in [-0.4, -0.2) is 69.8 Å². The molecule has 1 aliphatic carbocycles. The summed E-state index contributed by atoms with van der Waals surface area (Å²) >= 11 is 0. The number of fused-ring (bicyclic) bond motifs is 1. The van der Waals surface area contributed by atoms with E-state index in [0.29, 0.717) is 42.7 Å². The van der Waals surface area contributed by atoms with Gasteiger partial charge in [-0.05, 0) is 56.5 Å². The molecule has 220 valence electrons. The number of rotatable bonds is 7. The maximum Gasteiger partial charge on any atom is 0.416 e. The van der Waals surface area contributed by atoms with Crippen molar-refractivity contribution in [3.63, 3.8) is 0 Å². The first-order chi connectivity index (χ1) is 19.6. The summed E-state index contributed by atoms with van der Waals surface area (Å²) < 4.78 is 41.1. The van der Waals surface area contributed by atoms with E-state index in [-0.39, 0.29) is 18.2 Å². The van der Waals surface area contributed by atoms with E-state index in [1.54, 1.807) is 40.9 Å². The number of pyridine rings is 1. The Morgan fingerprint density at radius 3 is 2.29 bits per heavy atom. The number of nitrogens with zero attached hydrogens (tertiary/aromatic N) is 4. The quantitative estimate of drug-likeness (QED) is 0.431. The second-order valence-electron chi connectivity index (χ2n) is 11.7. The molecule has 1 saturated heterocycles. The number of alkyl halides is 3. The highest BCUT2D eigenvalue weighted by Crippen LogP contribution is 2.40. The SMILES string of the molecule is CC(C)N1CCN(C(=O)Cc2cn3c(C(=O)NCC4(c5ccc(C(F)(F)F)cc5)CCCCC4)cccc3n2)CC1. The summed E-state index contributed by atoms with van der Waals surface area (Å²) in [5, 5.41) is 3.07. The zero-order chi connectivity index (χ0) is 29.2. The fourth-order valence-electron chi connectivity index (χ4n) is 6.23. The largest absolute Gasteiger partial charge is 0.416 e. The van der Waals surface area contributed by atoms with Gasteiger partial charge in [-0.2, -0.15) is 13.2 Å². The number of nitrogens with one attached hydrogen (secondary N) is 1. The molecule has 0 bridgehead atoms. The van der Waals surface area contributed by atoms with Crippen LogP contribution >= 0.6 is 0 Å². The lowest BCUT2D eigenvalue weighted by atomic mass is 9.69. The maximum atomic E-state index is 13.4. The summed E-state index contributed by atoms with van der Waals surface area (Å²) in [5.41, 5.74) is 1.32. The molecule has 5 rings (SSSR count). The lowest BCUT2D eigenvalue weighted by Crippen LogP contribution is -2.51. The van der Waals surface area contributed by atoms with E-state index in [1.807, 2.05) is 4.90 Å². The third-order valence-corrected chi connectivity index (χ3v) is 8.73. The topological polar surface area (TPSA) is 70.0 Å². The van der Waals surface area contributed by atoms with Gasteiger partial charge in [-0.15, -0.1) is 0 Å².